The number of ether oxygens (including phenoxy) is 1. The Labute approximate surface area is 306 Å². The number of halogens is 2. The van der Waals surface area contributed by atoms with E-state index in [0.29, 0.717) is 65.6 Å². The van der Waals surface area contributed by atoms with Crippen molar-refractivity contribution in [2.24, 2.45) is 7.05 Å². The summed E-state index contributed by atoms with van der Waals surface area (Å²) in [5.74, 6) is -2.41. The van der Waals surface area contributed by atoms with Crippen LogP contribution in [0.15, 0.2) is 121 Å². The quantitative estimate of drug-likeness (QED) is 0.151. The van der Waals surface area contributed by atoms with Crippen LogP contribution >= 0.6 is 0 Å². The molecule has 0 atom stereocenters. The predicted octanol–water partition coefficient (Wildman–Crippen LogP) is 8.77. The molecule has 9 heteroatoms. The van der Waals surface area contributed by atoms with E-state index >= 15 is 0 Å². The maximum atomic E-state index is 15.0. The lowest BCUT2D eigenvalue weighted by Gasteiger charge is -2.29. The molecular formula is C44H36F2N4O3. The second-order valence-corrected chi connectivity index (χ2v) is 13.1. The minimum absolute atomic E-state index is 0.00813. The third-order valence-corrected chi connectivity index (χ3v) is 9.86. The van der Waals surface area contributed by atoms with Gasteiger partial charge in [0.1, 0.15) is 12.4 Å². The number of aromatic nitrogens is 1. The number of carbonyl (C=O) groups excluding carboxylic acids is 2. The summed E-state index contributed by atoms with van der Waals surface area (Å²) in [5.41, 5.74) is 6.25. The maximum Gasteiger partial charge on any atom is 0.260 e. The topological polar surface area (TPSA) is 78.6 Å². The number of rotatable bonds is 9. The van der Waals surface area contributed by atoms with E-state index in [4.69, 9.17) is 4.74 Å². The number of carbonyl (C=O) groups is 2. The Kier molecular flexibility index (Phi) is 9.87. The van der Waals surface area contributed by atoms with Crippen molar-refractivity contribution in [1.29, 1.82) is 5.26 Å². The van der Waals surface area contributed by atoms with E-state index in [1.54, 1.807) is 76.9 Å². The number of nitriles is 1. The summed E-state index contributed by atoms with van der Waals surface area (Å²) in [6.07, 6.45) is 0.647. The highest BCUT2D eigenvalue weighted by Gasteiger charge is 2.29. The van der Waals surface area contributed by atoms with Gasteiger partial charge >= 0.3 is 0 Å². The molecule has 1 aromatic heterocycles. The molecule has 0 spiro atoms. The molecule has 5 aromatic carbocycles. The first-order valence-electron chi connectivity index (χ1n) is 17.3. The zero-order valence-electron chi connectivity index (χ0n) is 29.4. The predicted molar refractivity (Wildman–Crippen MR) is 199 cm³/mol. The van der Waals surface area contributed by atoms with Gasteiger partial charge in [-0.2, -0.15) is 5.26 Å². The van der Waals surface area contributed by atoms with Crippen molar-refractivity contribution in [2.75, 3.05) is 11.4 Å². The Morgan fingerprint density at radius 1 is 0.830 bits per heavy atom. The molecule has 0 aliphatic carbocycles. The molecule has 2 amide bonds. The summed E-state index contributed by atoms with van der Waals surface area (Å²) < 4.78 is 37.5. The smallest absolute Gasteiger partial charge is 0.260 e. The molecule has 0 saturated heterocycles. The minimum Gasteiger partial charge on any atom is -0.489 e. The summed E-state index contributed by atoms with van der Waals surface area (Å²) >= 11 is 0. The fraction of sp³-hybridized carbons (Fsp3) is 0.159. The van der Waals surface area contributed by atoms with Crippen LogP contribution in [0.5, 0.6) is 5.75 Å². The van der Waals surface area contributed by atoms with E-state index in [1.807, 2.05) is 60.7 Å². The second kappa shape index (κ2) is 15.0. The summed E-state index contributed by atoms with van der Waals surface area (Å²) in [7, 11) is 1.72. The molecule has 0 bridgehead atoms. The number of amides is 2. The SMILES string of the molecule is Cc1c(C(=O)N(Cc2ccccc2C#N)c2ccc(OCc3ccccc3)cc2)cc(-c2cc(F)c(F)cc2C(=O)N2CCc3ccccc3C2)n1C. The van der Waals surface area contributed by atoms with Gasteiger partial charge < -0.3 is 19.1 Å². The van der Waals surface area contributed by atoms with E-state index in [-0.39, 0.29) is 23.6 Å². The van der Waals surface area contributed by atoms with Gasteiger partial charge in [-0.1, -0.05) is 72.8 Å². The van der Waals surface area contributed by atoms with E-state index in [2.05, 4.69) is 6.07 Å². The van der Waals surface area contributed by atoms with Gasteiger partial charge in [0.25, 0.3) is 11.8 Å². The fourth-order valence-electron chi connectivity index (χ4n) is 6.78. The average Bonchev–Trinajstić information content (AvgIpc) is 3.49. The van der Waals surface area contributed by atoms with E-state index < -0.39 is 17.5 Å². The summed E-state index contributed by atoms with van der Waals surface area (Å²) in [5, 5.41) is 9.85. The van der Waals surface area contributed by atoms with Gasteiger partial charge in [0, 0.05) is 42.8 Å². The van der Waals surface area contributed by atoms with Crippen LogP contribution < -0.4 is 9.64 Å². The van der Waals surface area contributed by atoms with Gasteiger partial charge in [-0.25, -0.2) is 8.78 Å². The average molecular weight is 707 g/mol. The molecule has 0 unspecified atom stereocenters. The maximum absolute atomic E-state index is 15.0. The Bertz CT molecular complexity index is 2360. The molecule has 0 radical (unpaired) electrons. The molecule has 0 fully saturated rings. The molecule has 7 nitrogen and oxygen atoms in total. The van der Waals surface area contributed by atoms with E-state index in [0.717, 1.165) is 28.8 Å². The van der Waals surface area contributed by atoms with Gasteiger partial charge in [0.05, 0.1) is 29.3 Å². The zero-order valence-corrected chi connectivity index (χ0v) is 29.4. The highest BCUT2D eigenvalue weighted by atomic mass is 19.2. The standard InChI is InChI=1S/C44H36F2N4O3/c1-29-37(24-42(48(29)2)38-22-40(45)41(46)23-39(38)43(51)49-21-20-31-12-6-8-14-33(31)26-49)44(52)50(27-34-15-9-7-13-32(34)25-47)35-16-18-36(19-17-35)53-28-30-10-4-3-5-11-30/h3-19,22-24H,20-21,26-28H2,1-2H3. The number of fused-ring (bicyclic) bond motifs is 1. The lowest BCUT2D eigenvalue weighted by atomic mass is 9.97. The Morgan fingerprint density at radius 2 is 1.51 bits per heavy atom. The molecule has 0 saturated carbocycles. The van der Waals surface area contributed by atoms with Crippen molar-refractivity contribution in [1.82, 2.24) is 9.47 Å². The van der Waals surface area contributed by atoms with Crippen molar-refractivity contribution in [3.05, 3.63) is 178 Å². The van der Waals surface area contributed by atoms with E-state index in [1.165, 1.54) is 0 Å². The zero-order chi connectivity index (χ0) is 37.1. The first-order chi connectivity index (χ1) is 25.7. The normalized spacial score (nSPS) is 12.2. The van der Waals surface area contributed by atoms with E-state index in [9.17, 15) is 23.6 Å². The van der Waals surface area contributed by atoms with Crippen LogP contribution in [0.2, 0.25) is 0 Å². The summed E-state index contributed by atoms with van der Waals surface area (Å²) in [4.78, 5) is 31.9. The Morgan fingerprint density at radius 3 is 2.26 bits per heavy atom. The lowest BCUT2D eigenvalue weighted by Crippen LogP contribution is -2.36. The number of anilines is 1. The van der Waals surface area contributed by atoms with Gasteiger partial charge in [0.15, 0.2) is 11.6 Å². The molecule has 2 heterocycles. The molecule has 1 aliphatic heterocycles. The molecule has 1 aliphatic rings. The molecule has 53 heavy (non-hydrogen) atoms. The van der Waals surface area contributed by atoms with Crippen LogP contribution in [-0.2, 0) is 33.2 Å². The van der Waals surface area contributed by atoms with Crippen molar-refractivity contribution >= 4 is 17.5 Å². The van der Waals surface area contributed by atoms with Gasteiger partial charge in [0.2, 0.25) is 0 Å². The third kappa shape index (κ3) is 7.17. The second-order valence-electron chi connectivity index (χ2n) is 13.1. The van der Waals surface area contributed by atoms with Gasteiger partial charge in [-0.3, -0.25) is 9.59 Å². The van der Waals surface area contributed by atoms with Crippen molar-refractivity contribution in [2.45, 2.75) is 33.0 Å². The van der Waals surface area contributed by atoms with Crippen molar-refractivity contribution < 1.29 is 23.1 Å². The van der Waals surface area contributed by atoms with Crippen LogP contribution in [0, 0.1) is 29.9 Å². The summed E-state index contributed by atoms with van der Waals surface area (Å²) in [6.45, 7) is 3.01. The van der Waals surface area contributed by atoms with Crippen LogP contribution in [0.3, 0.4) is 0 Å². The van der Waals surface area contributed by atoms with Crippen LogP contribution in [0.1, 0.15) is 54.2 Å². The lowest BCUT2D eigenvalue weighted by molar-refractivity contribution is 0.0734. The van der Waals surface area contributed by atoms with Crippen LogP contribution in [0.4, 0.5) is 14.5 Å². The number of hydrogen-bond acceptors (Lipinski definition) is 4. The molecule has 6 aromatic rings. The Hall–Kier alpha value is -6.53. The first-order valence-corrected chi connectivity index (χ1v) is 17.3. The number of hydrogen-bond donors (Lipinski definition) is 0. The minimum atomic E-state index is -1.13. The molecule has 0 N–H and O–H groups in total. The monoisotopic (exact) mass is 706 g/mol. The van der Waals surface area contributed by atoms with Crippen LogP contribution in [-0.4, -0.2) is 27.8 Å². The Balaban J connectivity index is 1.24. The molecule has 264 valence electrons. The third-order valence-electron chi connectivity index (χ3n) is 9.86. The first kappa shape index (κ1) is 34.9. The molecule has 7 rings (SSSR count). The van der Waals surface area contributed by atoms with Crippen molar-refractivity contribution in [3.63, 3.8) is 0 Å². The largest absolute Gasteiger partial charge is 0.489 e. The highest BCUT2D eigenvalue weighted by Crippen LogP contribution is 2.34. The molecular weight excluding hydrogens is 671 g/mol. The number of benzene rings is 5. The summed E-state index contributed by atoms with van der Waals surface area (Å²) in [6, 6.07) is 37.7. The van der Waals surface area contributed by atoms with Gasteiger partial charge in [-0.05, 0) is 84.1 Å². The fourth-order valence-corrected chi connectivity index (χ4v) is 6.78. The van der Waals surface area contributed by atoms with Crippen molar-refractivity contribution in [3.8, 4) is 23.1 Å². The highest BCUT2D eigenvalue weighted by molar-refractivity contribution is 6.08. The van der Waals surface area contributed by atoms with Gasteiger partial charge in [-0.15, -0.1) is 0 Å². The number of nitrogens with zero attached hydrogens (tertiary/aromatic N) is 4. The van der Waals surface area contributed by atoms with Crippen LogP contribution in [0.25, 0.3) is 11.3 Å².